The second-order valence-corrected chi connectivity index (χ2v) is 6.50. The van der Waals surface area contributed by atoms with Crippen LogP contribution in [0.3, 0.4) is 0 Å². The van der Waals surface area contributed by atoms with Gasteiger partial charge in [-0.1, -0.05) is 6.07 Å². The fourth-order valence-electron chi connectivity index (χ4n) is 3.60. The van der Waals surface area contributed by atoms with E-state index in [2.05, 4.69) is 20.3 Å². The van der Waals surface area contributed by atoms with E-state index in [0.717, 1.165) is 22.2 Å². The quantitative estimate of drug-likeness (QED) is 0.748. The van der Waals surface area contributed by atoms with Crippen molar-refractivity contribution in [3.8, 4) is 0 Å². The summed E-state index contributed by atoms with van der Waals surface area (Å²) >= 11 is 0. The largest absolute Gasteiger partial charge is 0.350 e. The van der Waals surface area contributed by atoms with Crippen molar-refractivity contribution in [2.45, 2.75) is 24.9 Å². The second-order valence-electron chi connectivity index (χ2n) is 6.50. The molecule has 0 saturated carbocycles. The van der Waals surface area contributed by atoms with Gasteiger partial charge in [0.05, 0.1) is 18.5 Å². The lowest BCUT2D eigenvalue weighted by atomic mass is 10.0. The van der Waals surface area contributed by atoms with Crippen molar-refractivity contribution in [1.29, 1.82) is 0 Å². The fourth-order valence-corrected chi connectivity index (χ4v) is 3.60. The molecule has 0 bridgehead atoms. The lowest BCUT2D eigenvalue weighted by molar-refractivity contribution is -0.127. The summed E-state index contributed by atoms with van der Waals surface area (Å²) in [5, 5.41) is 3.96. The van der Waals surface area contributed by atoms with Crippen LogP contribution in [-0.4, -0.2) is 44.8 Å². The smallest absolute Gasteiger partial charge is 0.225 e. The van der Waals surface area contributed by atoms with E-state index in [9.17, 15) is 9.59 Å². The number of hydrogen-bond donors (Lipinski definition) is 2. The number of rotatable bonds is 4. The number of hydrogen-bond acceptors (Lipinski definition) is 4. The number of carbonyl (C=O) groups excluding carboxylic acids is 2. The third-order valence-corrected chi connectivity index (χ3v) is 4.85. The summed E-state index contributed by atoms with van der Waals surface area (Å²) in [6, 6.07) is 7.08. The van der Waals surface area contributed by atoms with E-state index in [1.54, 1.807) is 30.5 Å². The second kappa shape index (κ2) is 6.59. The molecule has 1 saturated heterocycles. The number of nitrogens with one attached hydrogen (secondary N) is 2. The van der Waals surface area contributed by atoms with E-state index in [1.165, 1.54) is 0 Å². The third-order valence-electron chi connectivity index (χ3n) is 4.85. The van der Waals surface area contributed by atoms with Crippen LogP contribution in [0.25, 0.3) is 11.0 Å². The normalized spacial score (nSPS) is 19.9. The summed E-state index contributed by atoms with van der Waals surface area (Å²) in [7, 11) is 1.76. The van der Waals surface area contributed by atoms with Crippen LogP contribution in [0.2, 0.25) is 0 Å². The van der Waals surface area contributed by atoms with Gasteiger partial charge < -0.3 is 15.2 Å². The molecule has 4 heterocycles. The molecule has 0 radical (unpaired) electrons. The molecule has 1 aliphatic heterocycles. The number of fused-ring (bicyclic) bond motifs is 1. The Morgan fingerprint density at radius 2 is 2.19 bits per heavy atom. The predicted octanol–water partition coefficient (Wildman–Crippen LogP) is 1.59. The highest BCUT2D eigenvalue weighted by Crippen LogP contribution is 2.31. The Bertz CT molecular complexity index is 953. The zero-order valence-electron chi connectivity index (χ0n) is 14.3. The molecule has 2 amide bonds. The highest BCUT2D eigenvalue weighted by Gasteiger charge is 2.39. The van der Waals surface area contributed by atoms with E-state index in [0.29, 0.717) is 0 Å². The Labute approximate surface area is 150 Å². The van der Waals surface area contributed by atoms with Crippen LogP contribution >= 0.6 is 0 Å². The first kappa shape index (κ1) is 16.3. The molecule has 7 nitrogen and oxygen atoms in total. The zero-order chi connectivity index (χ0) is 18.1. The first-order valence-corrected chi connectivity index (χ1v) is 8.49. The Balaban J connectivity index is 1.52. The molecule has 0 aromatic carbocycles. The monoisotopic (exact) mass is 349 g/mol. The first-order chi connectivity index (χ1) is 12.6. The summed E-state index contributed by atoms with van der Waals surface area (Å²) in [5.74, 6) is -0.0998. The average Bonchev–Trinajstić information content (AvgIpc) is 3.17. The summed E-state index contributed by atoms with van der Waals surface area (Å²) < 4.78 is 0. The topological polar surface area (TPSA) is 91.0 Å². The summed E-state index contributed by atoms with van der Waals surface area (Å²) in [6.45, 7) is 0. The molecule has 0 aliphatic carbocycles. The molecular weight excluding hydrogens is 330 g/mol. The predicted molar refractivity (Wildman–Crippen MR) is 96.1 cm³/mol. The molecule has 1 fully saturated rings. The Morgan fingerprint density at radius 3 is 3.00 bits per heavy atom. The number of likely N-dealkylation sites (tertiary alicyclic amines) is 1. The van der Waals surface area contributed by atoms with Crippen molar-refractivity contribution < 1.29 is 9.59 Å². The van der Waals surface area contributed by atoms with Gasteiger partial charge >= 0.3 is 0 Å². The van der Waals surface area contributed by atoms with Crippen LogP contribution in [0.15, 0.2) is 49.1 Å². The van der Waals surface area contributed by atoms with Crippen LogP contribution in [0.1, 0.15) is 23.6 Å². The minimum atomic E-state index is -0.271. The molecule has 7 heteroatoms. The molecule has 3 aromatic heterocycles. The van der Waals surface area contributed by atoms with E-state index in [4.69, 9.17) is 0 Å². The van der Waals surface area contributed by atoms with Crippen molar-refractivity contribution in [2.24, 2.45) is 0 Å². The maximum Gasteiger partial charge on any atom is 0.225 e. The minimum Gasteiger partial charge on any atom is -0.350 e. The molecule has 2 N–H and O–H groups in total. The number of nitrogens with zero attached hydrogens (tertiary/aromatic N) is 3. The highest BCUT2D eigenvalue weighted by molar-refractivity contribution is 5.88. The van der Waals surface area contributed by atoms with Gasteiger partial charge in [-0.25, -0.2) is 4.98 Å². The average molecular weight is 349 g/mol. The van der Waals surface area contributed by atoms with Crippen LogP contribution in [0.4, 0.5) is 0 Å². The van der Waals surface area contributed by atoms with Crippen molar-refractivity contribution in [2.75, 3.05) is 7.05 Å². The molecule has 0 unspecified atom stereocenters. The molecule has 26 heavy (non-hydrogen) atoms. The SMILES string of the molecule is CN1C(=O)C[C@@H](NC(=O)Cc2c[nH]c3ncccc23)[C@@H]1c1cccnc1. The van der Waals surface area contributed by atoms with Gasteiger partial charge in [0, 0.05) is 43.6 Å². The lowest BCUT2D eigenvalue weighted by Crippen LogP contribution is -2.39. The number of carbonyl (C=O) groups is 2. The van der Waals surface area contributed by atoms with E-state index < -0.39 is 0 Å². The van der Waals surface area contributed by atoms with Gasteiger partial charge in [-0.2, -0.15) is 0 Å². The maximum atomic E-state index is 12.6. The van der Waals surface area contributed by atoms with Gasteiger partial charge in [0.2, 0.25) is 11.8 Å². The Kier molecular flexibility index (Phi) is 4.12. The van der Waals surface area contributed by atoms with Crippen LogP contribution < -0.4 is 5.32 Å². The maximum absolute atomic E-state index is 12.6. The number of amides is 2. The number of pyridine rings is 2. The third kappa shape index (κ3) is 2.92. The molecule has 3 aromatic rings. The van der Waals surface area contributed by atoms with Crippen molar-refractivity contribution in [3.63, 3.8) is 0 Å². The van der Waals surface area contributed by atoms with Crippen molar-refractivity contribution in [3.05, 3.63) is 60.2 Å². The number of aromatic amines is 1. The molecule has 1 aliphatic rings. The zero-order valence-corrected chi connectivity index (χ0v) is 14.3. The van der Waals surface area contributed by atoms with E-state index >= 15 is 0 Å². The standard InChI is InChI=1S/C19H19N5O2/c1-24-17(26)9-15(18(24)12-4-2-6-20-10-12)23-16(25)8-13-11-22-19-14(13)5-3-7-21-19/h2-7,10-11,15,18H,8-9H2,1H3,(H,21,22)(H,23,25)/t15-,18+/m1/s1. The first-order valence-electron chi connectivity index (χ1n) is 8.49. The van der Waals surface area contributed by atoms with Gasteiger partial charge in [-0.15, -0.1) is 0 Å². The van der Waals surface area contributed by atoms with Gasteiger partial charge in [0.15, 0.2) is 0 Å². The Hall–Kier alpha value is -3.22. The number of H-pyrrole nitrogens is 1. The van der Waals surface area contributed by atoms with Crippen LogP contribution in [0, 0.1) is 0 Å². The van der Waals surface area contributed by atoms with Crippen LogP contribution in [0.5, 0.6) is 0 Å². The summed E-state index contributed by atoms with van der Waals surface area (Å²) in [5.41, 5.74) is 2.57. The Morgan fingerprint density at radius 1 is 1.35 bits per heavy atom. The van der Waals surface area contributed by atoms with E-state index in [1.807, 2.05) is 30.5 Å². The van der Waals surface area contributed by atoms with Crippen LogP contribution in [-0.2, 0) is 16.0 Å². The van der Waals surface area contributed by atoms with Gasteiger partial charge in [-0.05, 0) is 29.3 Å². The van der Waals surface area contributed by atoms with Gasteiger partial charge in [0.1, 0.15) is 5.65 Å². The fraction of sp³-hybridized carbons (Fsp3) is 0.263. The molecule has 2 atom stereocenters. The molecular formula is C19H19N5O2. The van der Waals surface area contributed by atoms with Crippen molar-refractivity contribution >= 4 is 22.8 Å². The van der Waals surface area contributed by atoms with Gasteiger partial charge in [0.25, 0.3) is 0 Å². The molecule has 0 spiro atoms. The number of likely N-dealkylation sites (N-methyl/N-ethyl adjacent to an activating group) is 1. The number of aromatic nitrogens is 3. The highest BCUT2D eigenvalue weighted by atomic mass is 16.2. The molecule has 4 rings (SSSR count). The van der Waals surface area contributed by atoms with E-state index in [-0.39, 0.29) is 36.7 Å². The van der Waals surface area contributed by atoms with Crippen molar-refractivity contribution in [1.82, 2.24) is 25.2 Å². The minimum absolute atomic E-state index is 0.0143. The molecule has 132 valence electrons. The lowest BCUT2D eigenvalue weighted by Gasteiger charge is -2.25. The summed E-state index contributed by atoms with van der Waals surface area (Å²) in [6.07, 6.45) is 7.48. The summed E-state index contributed by atoms with van der Waals surface area (Å²) in [4.78, 5) is 37.9. The van der Waals surface area contributed by atoms with Gasteiger partial charge in [-0.3, -0.25) is 14.6 Å².